The lowest BCUT2D eigenvalue weighted by Gasteiger charge is -2.17. The summed E-state index contributed by atoms with van der Waals surface area (Å²) in [5.41, 5.74) is 3.44. The van der Waals surface area contributed by atoms with Gasteiger partial charge in [0, 0.05) is 22.8 Å². The van der Waals surface area contributed by atoms with Crippen molar-refractivity contribution in [1.29, 1.82) is 0 Å². The number of nitrogens with one attached hydrogen (secondary N) is 1. The molecular weight excluding hydrogens is 408 g/mol. The Labute approximate surface area is 186 Å². The van der Waals surface area contributed by atoms with Gasteiger partial charge in [-0.15, -0.1) is 11.8 Å². The second-order valence-corrected chi connectivity index (χ2v) is 8.14. The van der Waals surface area contributed by atoms with Crippen LogP contribution in [0.25, 0.3) is 0 Å². The number of thioether (sulfide) groups is 1. The number of anilines is 2. The molecule has 158 valence electrons. The fourth-order valence-electron chi connectivity index (χ4n) is 3.59. The molecule has 3 aromatic rings. The summed E-state index contributed by atoms with van der Waals surface area (Å²) in [7, 11) is 0. The van der Waals surface area contributed by atoms with E-state index in [1.54, 1.807) is 6.07 Å². The Morgan fingerprint density at radius 1 is 1.00 bits per heavy atom. The molecule has 0 unspecified atom stereocenters. The van der Waals surface area contributed by atoms with Crippen molar-refractivity contribution in [3.8, 4) is 5.75 Å². The number of amides is 2. The van der Waals surface area contributed by atoms with Gasteiger partial charge in [0.1, 0.15) is 5.75 Å². The van der Waals surface area contributed by atoms with E-state index < -0.39 is 0 Å². The lowest BCUT2D eigenvalue weighted by atomic mass is 10.2. The molecule has 0 aromatic heterocycles. The predicted octanol–water partition coefficient (Wildman–Crippen LogP) is 5.02. The molecule has 1 heterocycles. The van der Waals surface area contributed by atoms with Crippen LogP contribution in [0.3, 0.4) is 0 Å². The first-order valence-electron chi connectivity index (χ1n) is 10.3. The Morgan fingerprint density at radius 2 is 1.74 bits per heavy atom. The second-order valence-electron chi connectivity index (χ2n) is 7.12. The molecule has 4 rings (SSSR count). The number of fused-ring (bicyclic) bond motifs is 1. The van der Waals surface area contributed by atoms with Gasteiger partial charge in [-0.3, -0.25) is 9.59 Å². The molecule has 5 nitrogen and oxygen atoms in total. The van der Waals surface area contributed by atoms with Gasteiger partial charge < -0.3 is 15.0 Å². The highest BCUT2D eigenvalue weighted by Crippen LogP contribution is 2.30. The number of hydrogen-bond donors (Lipinski definition) is 1. The van der Waals surface area contributed by atoms with E-state index in [-0.39, 0.29) is 17.6 Å². The van der Waals surface area contributed by atoms with Crippen LogP contribution in [-0.4, -0.2) is 30.7 Å². The SMILES string of the molecule is CCOc1ccc(NC(=O)c2ccccc2SCC(=O)N2CCc3ccccc32)cc1. The molecule has 0 saturated heterocycles. The lowest BCUT2D eigenvalue weighted by Crippen LogP contribution is -2.30. The maximum atomic E-state index is 12.9. The van der Waals surface area contributed by atoms with E-state index in [4.69, 9.17) is 4.74 Å². The number of carbonyl (C=O) groups excluding carboxylic acids is 2. The average molecular weight is 433 g/mol. The van der Waals surface area contributed by atoms with E-state index in [1.165, 1.54) is 17.3 Å². The van der Waals surface area contributed by atoms with Crippen molar-refractivity contribution in [1.82, 2.24) is 0 Å². The predicted molar refractivity (Wildman–Crippen MR) is 125 cm³/mol. The fraction of sp³-hybridized carbons (Fsp3) is 0.200. The van der Waals surface area contributed by atoms with Gasteiger partial charge in [0.15, 0.2) is 0 Å². The average Bonchev–Trinajstić information content (AvgIpc) is 3.23. The second kappa shape index (κ2) is 9.71. The molecule has 2 amide bonds. The maximum absolute atomic E-state index is 12.9. The molecular formula is C25H24N2O3S. The van der Waals surface area contributed by atoms with Crippen LogP contribution < -0.4 is 15.0 Å². The molecule has 0 aliphatic carbocycles. The quantitative estimate of drug-likeness (QED) is 0.533. The number of nitrogens with zero attached hydrogens (tertiary/aromatic N) is 1. The molecule has 0 atom stereocenters. The van der Waals surface area contributed by atoms with Crippen molar-refractivity contribution in [2.75, 3.05) is 29.1 Å². The van der Waals surface area contributed by atoms with Crippen LogP contribution in [-0.2, 0) is 11.2 Å². The minimum Gasteiger partial charge on any atom is -0.494 e. The van der Waals surface area contributed by atoms with Crippen molar-refractivity contribution in [3.05, 3.63) is 83.9 Å². The number of carbonyl (C=O) groups is 2. The van der Waals surface area contributed by atoms with Gasteiger partial charge in [0.05, 0.1) is 17.9 Å². The van der Waals surface area contributed by atoms with Gasteiger partial charge in [-0.1, -0.05) is 30.3 Å². The van der Waals surface area contributed by atoms with Gasteiger partial charge in [-0.2, -0.15) is 0 Å². The summed E-state index contributed by atoms with van der Waals surface area (Å²) in [4.78, 5) is 28.3. The number of ether oxygens (including phenoxy) is 1. The smallest absolute Gasteiger partial charge is 0.256 e. The molecule has 0 spiro atoms. The first-order valence-corrected chi connectivity index (χ1v) is 11.3. The van der Waals surface area contributed by atoms with Crippen molar-refractivity contribution in [3.63, 3.8) is 0 Å². The Morgan fingerprint density at radius 3 is 2.55 bits per heavy atom. The highest BCUT2D eigenvalue weighted by molar-refractivity contribution is 8.00. The number of hydrogen-bond acceptors (Lipinski definition) is 4. The number of benzene rings is 3. The summed E-state index contributed by atoms with van der Waals surface area (Å²) in [5.74, 6) is 0.892. The van der Waals surface area contributed by atoms with Gasteiger partial charge >= 0.3 is 0 Å². The summed E-state index contributed by atoms with van der Waals surface area (Å²) in [6.07, 6.45) is 0.883. The summed E-state index contributed by atoms with van der Waals surface area (Å²) >= 11 is 1.39. The lowest BCUT2D eigenvalue weighted by molar-refractivity contribution is -0.116. The molecule has 1 aliphatic heterocycles. The van der Waals surface area contributed by atoms with E-state index in [1.807, 2.05) is 72.5 Å². The molecule has 1 N–H and O–H groups in total. The van der Waals surface area contributed by atoms with Crippen LogP contribution >= 0.6 is 11.8 Å². The molecule has 3 aromatic carbocycles. The monoisotopic (exact) mass is 432 g/mol. The van der Waals surface area contributed by atoms with Crippen molar-refractivity contribution < 1.29 is 14.3 Å². The summed E-state index contributed by atoms with van der Waals surface area (Å²) in [6.45, 7) is 3.23. The molecule has 1 aliphatic rings. The first-order chi connectivity index (χ1) is 15.2. The summed E-state index contributed by atoms with van der Waals surface area (Å²) in [6, 6.07) is 22.7. The van der Waals surface area contributed by atoms with Gasteiger partial charge in [0.25, 0.3) is 5.91 Å². The van der Waals surface area contributed by atoms with Crippen LogP contribution in [0.2, 0.25) is 0 Å². The Bertz CT molecular complexity index is 1080. The molecule has 0 fully saturated rings. The van der Waals surface area contributed by atoms with Crippen LogP contribution in [0, 0.1) is 0 Å². The third-order valence-corrected chi connectivity index (χ3v) is 6.15. The van der Waals surface area contributed by atoms with Crippen molar-refractivity contribution in [2.24, 2.45) is 0 Å². The van der Waals surface area contributed by atoms with Gasteiger partial charge in [-0.25, -0.2) is 0 Å². The van der Waals surface area contributed by atoms with E-state index in [0.717, 1.165) is 22.8 Å². The minimum atomic E-state index is -0.203. The third kappa shape index (κ3) is 4.91. The zero-order valence-electron chi connectivity index (χ0n) is 17.3. The molecule has 6 heteroatoms. The van der Waals surface area contributed by atoms with Crippen LogP contribution in [0.1, 0.15) is 22.8 Å². The zero-order chi connectivity index (χ0) is 21.6. The van der Waals surface area contributed by atoms with E-state index in [2.05, 4.69) is 11.4 Å². The Hall–Kier alpha value is -3.25. The standard InChI is InChI=1S/C25H24N2O3S/c1-2-30-20-13-11-19(12-14-20)26-25(29)21-8-4-6-10-23(21)31-17-24(28)27-16-15-18-7-3-5-9-22(18)27/h3-14H,2,15-17H2,1H3,(H,26,29). The summed E-state index contributed by atoms with van der Waals surface area (Å²) in [5, 5.41) is 2.92. The molecule has 0 bridgehead atoms. The topological polar surface area (TPSA) is 58.6 Å². The van der Waals surface area contributed by atoms with Crippen LogP contribution in [0.15, 0.2) is 77.7 Å². The molecule has 0 saturated carbocycles. The fourth-order valence-corrected chi connectivity index (χ4v) is 4.52. The highest BCUT2D eigenvalue weighted by atomic mass is 32.2. The van der Waals surface area contributed by atoms with Crippen molar-refractivity contribution in [2.45, 2.75) is 18.2 Å². The zero-order valence-corrected chi connectivity index (χ0v) is 18.2. The van der Waals surface area contributed by atoms with E-state index in [0.29, 0.717) is 24.4 Å². The van der Waals surface area contributed by atoms with Gasteiger partial charge in [0.2, 0.25) is 5.91 Å². The Kier molecular flexibility index (Phi) is 6.57. The minimum absolute atomic E-state index is 0.0525. The van der Waals surface area contributed by atoms with Crippen molar-refractivity contribution >= 4 is 35.0 Å². The maximum Gasteiger partial charge on any atom is 0.256 e. The largest absolute Gasteiger partial charge is 0.494 e. The Balaban J connectivity index is 1.41. The normalized spacial score (nSPS) is 12.4. The van der Waals surface area contributed by atoms with E-state index in [9.17, 15) is 9.59 Å². The highest BCUT2D eigenvalue weighted by Gasteiger charge is 2.24. The summed E-state index contributed by atoms with van der Waals surface area (Å²) < 4.78 is 5.44. The van der Waals surface area contributed by atoms with E-state index >= 15 is 0 Å². The molecule has 0 radical (unpaired) electrons. The van der Waals surface area contributed by atoms with Crippen LogP contribution in [0.4, 0.5) is 11.4 Å². The first kappa shape index (κ1) is 21.0. The number of rotatable bonds is 7. The van der Waals surface area contributed by atoms with Crippen LogP contribution in [0.5, 0.6) is 5.75 Å². The van der Waals surface area contributed by atoms with Gasteiger partial charge in [-0.05, 0) is 61.4 Å². The molecule has 31 heavy (non-hydrogen) atoms. The third-order valence-electron chi connectivity index (χ3n) is 5.09. The number of para-hydroxylation sites is 1.